The Labute approximate surface area is 124 Å². The van der Waals surface area contributed by atoms with Crippen molar-refractivity contribution in [3.05, 3.63) is 71.3 Å². The zero-order chi connectivity index (χ0) is 14.7. The highest BCUT2D eigenvalue weighted by molar-refractivity contribution is 6.11. The Morgan fingerprint density at radius 3 is 2.38 bits per heavy atom. The van der Waals surface area contributed by atoms with E-state index in [1.807, 2.05) is 54.4 Å². The van der Waals surface area contributed by atoms with Crippen LogP contribution in [0.15, 0.2) is 54.6 Å². The number of likely N-dealkylation sites (N-methyl/N-ethyl adjacent to an activating group) is 1. The maximum absolute atomic E-state index is 12.6. The van der Waals surface area contributed by atoms with Crippen molar-refractivity contribution in [2.45, 2.75) is 0 Å². The molecule has 0 fully saturated rings. The lowest BCUT2D eigenvalue weighted by Gasteiger charge is -2.18. The molecule has 2 aromatic carbocycles. The fourth-order valence-electron chi connectivity index (χ4n) is 2.60. The molecular weight excluding hydrogens is 260 g/mol. The number of hydrogen-bond acceptors (Lipinski definition) is 2. The van der Waals surface area contributed by atoms with E-state index in [4.69, 9.17) is 0 Å². The predicted octanol–water partition coefficient (Wildman–Crippen LogP) is 2.86. The van der Waals surface area contributed by atoms with Gasteiger partial charge in [0.1, 0.15) is 0 Å². The molecule has 106 valence electrons. The summed E-state index contributed by atoms with van der Waals surface area (Å²) in [5.41, 5.74) is 3.89. The zero-order valence-electron chi connectivity index (χ0n) is 12.0. The second-order valence-electron chi connectivity index (χ2n) is 5.05. The maximum atomic E-state index is 12.6. The van der Waals surface area contributed by atoms with Crippen LogP contribution in [0.5, 0.6) is 0 Å². The molecule has 0 radical (unpaired) electrons. The third kappa shape index (κ3) is 2.60. The molecule has 1 aliphatic rings. The summed E-state index contributed by atoms with van der Waals surface area (Å²) in [6.07, 6.45) is 2.08. The Morgan fingerprint density at radius 1 is 1.00 bits per heavy atom. The van der Waals surface area contributed by atoms with E-state index >= 15 is 0 Å². The molecule has 3 heteroatoms. The van der Waals surface area contributed by atoms with Gasteiger partial charge in [-0.25, -0.2) is 0 Å². The normalized spacial score (nSPS) is 15.6. The molecule has 0 bridgehead atoms. The standard InChI is InChI=1S/C18H18N2O/c1-19-11-12-20-17(13-14-7-3-2-4-8-14)15-9-5-6-10-16(15)18(20)21/h2-10,13,19H,11-12H2,1H3. The molecule has 21 heavy (non-hydrogen) atoms. The number of benzene rings is 2. The summed E-state index contributed by atoms with van der Waals surface area (Å²) in [6, 6.07) is 17.9. The van der Waals surface area contributed by atoms with Gasteiger partial charge in [-0.2, -0.15) is 0 Å². The van der Waals surface area contributed by atoms with E-state index in [0.717, 1.165) is 28.9 Å². The van der Waals surface area contributed by atoms with Gasteiger partial charge in [-0.15, -0.1) is 0 Å². The fourth-order valence-corrected chi connectivity index (χ4v) is 2.60. The first-order valence-electron chi connectivity index (χ1n) is 7.14. The first-order valence-corrected chi connectivity index (χ1v) is 7.14. The molecule has 0 saturated heterocycles. The number of nitrogens with zero attached hydrogens (tertiary/aromatic N) is 1. The van der Waals surface area contributed by atoms with Crippen LogP contribution >= 0.6 is 0 Å². The molecule has 1 aliphatic heterocycles. The van der Waals surface area contributed by atoms with Gasteiger partial charge in [-0.1, -0.05) is 48.5 Å². The van der Waals surface area contributed by atoms with Crippen LogP contribution in [-0.4, -0.2) is 30.9 Å². The van der Waals surface area contributed by atoms with Crippen molar-refractivity contribution in [2.24, 2.45) is 0 Å². The van der Waals surface area contributed by atoms with Crippen LogP contribution in [-0.2, 0) is 0 Å². The molecule has 1 N–H and O–H groups in total. The molecular formula is C18H18N2O. The molecule has 0 unspecified atom stereocenters. The summed E-state index contributed by atoms with van der Waals surface area (Å²) in [4.78, 5) is 14.4. The molecule has 0 aromatic heterocycles. The van der Waals surface area contributed by atoms with E-state index < -0.39 is 0 Å². The van der Waals surface area contributed by atoms with Crippen LogP contribution < -0.4 is 5.32 Å². The number of nitrogens with one attached hydrogen (secondary N) is 1. The average molecular weight is 278 g/mol. The van der Waals surface area contributed by atoms with Crippen molar-refractivity contribution in [3.63, 3.8) is 0 Å². The molecule has 0 saturated carbocycles. The molecule has 3 nitrogen and oxygen atoms in total. The minimum absolute atomic E-state index is 0.0861. The van der Waals surface area contributed by atoms with Crippen molar-refractivity contribution in [1.82, 2.24) is 10.2 Å². The van der Waals surface area contributed by atoms with Crippen molar-refractivity contribution < 1.29 is 4.79 Å². The second kappa shape index (κ2) is 5.94. The van der Waals surface area contributed by atoms with Crippen molar-refractivity contribution in [2.75, 3.05) is 20.1 Å². The Hall–Kier alpha value is -2.39. The summed E-state index contributed by atoms with van der Waals surface area (Å²) in [7, 11) is 1.90. The molecule has 0 atom stereocenters. The van der Waals surface area contributed by atoms with Crippen LogP contribution in [0.25, 0.3) is 11.8 Å². The predicted molar refractivity (Wildman–Crippen MR) is 85.7 cm³/mol. The summed E-state index contributed by atoms with van der Waals surface area (Å²) in [5.74, 6) is 0.0861. The number of rotatable bonds is 4. The summed E-state index contributed by atoms with van der Waals surface area (Å²) in [5, 5.41) is 3.11. The minimum Gasteiger partial charge on any atom is -0.318 e. The lowest BCUT2D eigenvalue weighted by Crippen LogP contribution is -2.30. The van der Waals surface area contributed by atoms with Gasteiger partial charge < -0.3 is 10.2 Å². The van der Waals surface area contributed by atoms with Crippen LogP contribution in [0.4, 0.5) is 0 Å². The van der Waals surface area contributed by atoms with E-state index in [0.29, 0.717) is 6.54 Å². The van der Waals surface area contributed by atoms with E-state index in [-0.39, 0.29) is 5.91 Å². The first kappa shape index (κ1) is 13.6. The topological polar surface area (TPSA) is 32.3 Å². The molecule has 2 aromatic rings. The maximum Gasteiger partial charge on any atom is 0.259 e. The minimum atomic E-state index is 0.0861. The van der Waals surface area contributed by atoms with E-state index in [1.54, 1.807) is 0 Å². The number of carbonyl (C=O) groups is 1. The third-order valence-electron chi connectivity index (χ3n) is 3.66. The van der Waals surface area contributed by atoms with Gasteiger partial charge in [-0.3, -0.25) is 4.79 Å². The van der Waals surface area contributed by atoms with Crippen LogP contribution in [0, 0.1) is 0 Å². The quantitative estimate of drug-likeness (QED) is 0.932. The van der Waals surface area contributed by atoms with E-state index in [9.17, 15) is 4.79 Å². The smallest absolute Gasteiger partial charge is 0.259 e. The Balaban J connectivity index is 2.05. The third-order valence-corrected chi connectivity index (χ3v) is 3.66. The molecule has 1 amide bonds. The lowest BCUT2D eigenvalue weighted by atomic mass is 10.1. The lowest BCUT2D eigenvalue weighted by molar-refractivity contribution is 0.0852. The summed E-state index contributed by atoms with van der Waals surface area (Å²) < 4.78 is 0. The number of hydrogen-bond donors (Lipinski definition) is 1. The largest absolute Gasteiger partial charge is 0.318 e. The van der Waals surface area contributed by atoms with Gasteiger partial charge in [-0.05, 0) is 24.8 Å². The average Bonchev–Trinajstić information content (AvgIpc) is 2.79. The number of carbonyl (C=O) groups excluding carboxylic acids is 1. The molecule has 1 heterocycles. The highest BCUT2D eigenvalue weighted by Crippen LogP contribution is 2.33. The number of fused-ring (bicyclic) bond motifs is 1. The van der Waals surface area contributed by atoms with Crippen LogP contribution in [0.2, 0.25) is 0 Å². The van der Waals surface area contributed by atoms with Gasteiger partial charge in [0.05, 0.1) is 5.70 Å². The molecule has 0 aliphatic carbocycles. The summed E-state index contributed by atoms with van der Waals surface area (Å²) >= 11 is 0. The zero-order valence-corrected chi connectivity index (χ0v) is 12.0. The van der Waals surface area contributed by atoms with Crippen molar-refractivity contribution >= 4 is 17.7 Å². The highest BCUT2D eigenvalue weighted by atomic mass is 16.2. The van der Waals surface area contributed by atoms with Gasteiger partial charge >= 0.3 is 0 Å². The SMILES string of the molecule is CNCCN1C(=O)c2ccccc2C1=Cc1ccccc1. The first-order chi connectivity index (χ1) is 10.3. The van der Waals surface area contributed by atoms with Crippen LogP contribution in [0.3, 0.4) is 0 Å². The van der Waals surface area contributed by atoms with Gasteiger partial charge in [0, 0.05) is 24.2 Å². The number of amides is 1. The Bertz CT molecular complexity index is 677. The molecule has 0 spiro atoms. The van der Waals surface area contributed by atoms with Crippen LogP contribution in [0.1, 0.15) is 21.5 Å². The van der Waals surface area contributed by atoms with Crippen molar-refractivity contribution in [3.8, 4) is 0 Å². The Kier molecular flexibility index (Phi) is 3.84. The van der Waals surface area contributed by atoms with E-state index in [1.165, 1.54) is 0 Å². The molecule has 3 rings (SSSR count). The van der Waals surface area contributed by atoms with Gasteiger partial charge in [0.2, 0.25) is 0 Å². The summed E-state index contributed by atoms with van der Waals surface area (Å²) in [6.45, 7) is 1.44. The monoisotopic (exact) mass is 278 g/mol. The van der Waals surface area contributed by atoms with Gasteiger partial charge in [0.15, 0.2) is 0 Å². The van der Waals surface area contributed by atoms with E-state index in [2.05, 4.69) is 23.5 Å². The van der Waals surface area contributed by atoms with Gasteiger partial charge in [0.25, 0.3) is 5.91 Å². The Morgan fingerprint density at radius 2 is 1.67 bits per heavy atom. The van der Waals surface area contributed by atoms with Crippen molar-refractivity contribution in [1.29, 1.82) is 0 Å². The highest BCUT2D eigenvalue weighted by Gasteiger charge is 2.31. The fraction of sp³-hybridized carbons (Fsp3) is 0.167. The second-order valence-corrected chi connectivity index (χ2v) is 5.05.